The number of ketones is 1. The van der Waals surface area contributed by atoms with Gasteiger partial charge in [-0.3, -0.25) is 4.79 Å². The summed E-state index contributed by atoms with van der Waals surface area (Å²) in [4.78, 5) is 12.8. The number of carbonyl (C=O) groups is 1. The first-order valence-corrected chi connectivity index (χ1v) is 9.21. The van der Waals surface area contributed by atoms with Gasteiger partial charge in [-0.15, -0.1) is 0 Å². The predicted octanol–water partition coefficient (Wildman–Crippen LogP) is 4.48. The van der Waals surface area contributed by atoms with E-state index in [1.807, 2.05) is 38.1 Å². The van der Waals surface area contributed by atoms with Gasteiger partial charge in [0, 0.05) is 11.6 Å². The van der Waals surface area contributed by atoms with E-state index in [9.17, 15) is 4.79 Å². The molecule has 6 nitrogen and oxygen atoms in total. The summed E-state index contributed by atoms with van der Waals surface area (Å²) in [5.74, 6) is 2.66. The Bertz CT molecular complexity index is 1030. The topological polar surface area (TPSA) is 63.2 Å². The van der Waals surface area contributed by atoms with Crippen molar-refractivity contribution in [1.82, 2.24) is 0 Å². The molecule has 0 saturated carbocycles. The van der Waals surface area contributed by atoms with Crippen molar-refractivity contribution in [2.24, 2.45) is 0 Å². The maximum atomic E-state index is 12.8. The van der Waals surface area contributed by atoms with E-state index in [1.54, 1.807) is 25.3 Å². The number of benzene rings is 2. The molecule has 2 heterocycles. The highest BCUT2D eigenvalue weighted by molar-refractivity contribution is 6.08. The van der Waals surface area contributed by atoms with Gasteiger partial charge in [-0.25, -0.2) is 0 Å². The first kappa shape index (κ1) is 18.9. The molecule has 0 aliphatic carbocycles. The fourth-order valence-corrected chi connectivity index (χ4v) is 3.34. The molecule has 0 amide bonds. The summed E-state index contributed by atoms with van der Waals surface area (Å²) >= 11 is 0. The lowest BCUT2D eigenvalue weighted by Crippen LogP contribution is -2.27. The molecular weight excluding hydrogens is 372 g/mol. The van der Waals surface area contributed by atoms with Gasteiger partial charge < -0.3 is 23.7 Å². The summed E-state index contributed by atoms with van der Waals surface area (Å²) in [5.41, 5.74) is 1.55. The molecule has 0 radical (unpaired) electrons. The van der Waals surface area contributed by atoms with Crippen molar-refractivity contribution in [3.8, 4) is 23.0 Å². The Hall–Kier alpha value is -3.41. The average molecular weight is 394 g/mol. The lowest BCUT2D eigenvalue weighted by Gasteiger charge is -2.29. The Morgan fingerprint density at radius 3 is 2.59 bits per heavy atom. The average Bonchev–Trinajstić information content (AvgIpc) is 3.18. The molecule has 2 aromatic carbocycles. The molecule has 0 aromatic heterocycles. The Morgan fingerprint density at radius 1 is 1.07 bits per heavy atom. The van der Waals surface area contributed by atoms with Gasteiger partial charge in [0.05, 0.1) is 25.3 Å². The van der Waals surface area contributed by atoms with E-state index in [-0.39, 0.29) is 12.6 Å². The molecule has 29 heavy (non-hydrogen) atoms. The number of methoxy groups -OCH3 is 2. The summed E-state index contributed by atoms with van der Waals surface area (Å²) in [6.07, 6.45) is 5.38. The lowest BCUT2D eigenvalue weighted by atomic mass is 9.98. The van der Waals surface area contributed by atoms with E-state index < -0.39 is 5.60 Å². The summed E-state index contributed by atoms with van der Waals surface area (Å²) < 4.78 is 27.8. The fraction of sp³-hybridized carbons (Fsp3) is 0.261. The highest BCUT2D eigenvalue weighted by Gasteiger charge is 2.26. The minimum atomic E-state index is -0.394. The first-order valence-electron chi connectivity index (χ1n) is 9.21. The Labute approximate surface area is 169 Å². The molecule has 0 bridgehead atoms. The van der Waals surface area contributed by atoms with Crippen LogP contribution in [0.1, 0.15) is 35.3 Å². The van der Waals surface area contributed by atoms with E-state index in [4.69, 9.17) is 23.7 Å². The number of hydrogen-bond donors (Lipinski definition) is 0. The maximum absolute atomic E-state index is 12.8. The van der Waals surface area contributed by atoms with Gasteiger partial charge in [0.2, 0.25) is 6.79 Å². The molecule has 2 aliphatic heterocycles. The largest absolute Gasteiger partial charge is 0.496 e. The highest BCUT2D eigenvalue weighted by Crippen LogP contribution is 2.41. The van der Waals surface area contributed by atoms with Crippen LogP contribution < -0.4 is 18.9 Å². The molecule has 6 heteroatoms. The minimum absolute atomic E-state index is 0.158. The number of rotatable bonds is 5. The quantitative estimate of drug-likeness (QED) is 0.423. The summed E-state index contributed by atoms with van der Waals surface area (Å²) in [6.45, 7) is 4.12. The van der Waals surface area contributed by atoms with Gasteiger partial charge in [0.1, 0.15) is 22.9 Å². The van der Waals surface area contributed by atoms with E-state index in [0.717, 1.165) is 11.3 Å². The van der Waals surface area contributed by atoms with E-state index in [2.05, 4.69) is 0 Å². The normalized spacial score (nSPS) is 16.1. The molecule has 0 fully saturated rings. The second kappa shape index (κ2) is 7.20. The third-order valence-corrected chi connectivity index (χ3v) is 4.79. The minimum Gasteiger partial charge on any atom is -0.496 e. The molecule has 0 atom stereocenters. The van der Waals surface area contributed by atoms with Crippen LogP contribution in [0.15, 0.2) is 42.5 Å². The second-order valence-corrected chi connectivity index (χ2v) is 7.24. The monoisotopic (exact) mass is 394 g/mol. The molecule has 4 rings (SSSR count). The van der Waals surface area contributed by atoms with E-state index in [1.165, 1.54) is 13.2 Å². The second-order valence-electron chi connectivity index (χ2n) is 7.24. The number of allylic oxidation sites excluding steroid dienone is 1. The summed E-state index contributed by atoms with van der Waals surface area (Å²) in [5, 5.41) is 0. The fourth-order valence-electron chi connectivity index (χ4n) is 3.34. The molecule has 0 N–H and O–H groups in total. The zero-order chi connectivity index (χ0) is 20.6. The van der Waals surface area contributed by atoms with Crippen LogP contribution in [0.3, 0.4) is 0 Å². The van der Waals surface area contributed by atoms with E-state index >= 15 is 0 Å². The van der Waals surface area contributed by atoms with Crippen LogP contribution in [-0.4, -0.2) is 32.4 Å². The Balaban J connectivity index is 1.71. The zero-order valence-corrected chi connectivity index (χ0v) is 16.8. The molecule has 2 aliphatic rings. The predicted molar refractivity (Wildman–Crippen MR) is 109 cm³/mol. The van der Waals surface area contributed by atoms with Gasteiger partial charge >= 0.3 is 0 Å². The number of carbonyl (C=O) groups excluding carboxylic acids is 1. The lowest BCUT2D eigenvalue weighted by molar-refractivity contribution is 0.104. The van der Waals surface area contributed by atoms with Crippen LogP contribution in [0, 0.1) is 0 Å². The molecule has 0 unspecified atom stereocenters. The van der Waals surface area contributed by atoms with Crippen LogP contribution >= 0.6 is 0 Å². The summed E-state index contributed by atoms with van der Waals surface area (Å²) in [6, 6.07) is 8.77. The molecule has 2 aromatic rings. The molecule has 150 valence electrons. The van der Waals surface area contributed by atoms with Crippen molar-refractivity contribution in [3.63, 3.8) is 0 Å². The molecular formula is C23H22O6. The van der Waals surface area contributed by atoms with Crippen LogP contribution in [0.5, 0.6) is 23.0 Å². The van der Waals surface area contributed by atoms with Crippen molar-refractivity contribution in [1.29, 1.82) is 0 Å². The highest BCUT2D eigenvalue weighted by atomic mass is 16.7. The van der Waals surface area contributed by atoms with Crippen molar-refractivity contribution in [2.45, 2.75) is 19.4 Å². The van der Waals surface area contributed by atoms with Crippen molar-refractivity contribution in [3.05, 3.63) is 59.2 Å². The molecule has 0 saturated heterocycles. The zero-order valence-electron chi connectivity index (χ0n) is 16.8. The number of fused-ring (bicyclic) bond motifs is 2. The third kappa shape index (κ3) is 3.53. The maximum Gasteiger partial charge on any atom is 0.231 e. The van der Waals surface area contributed by atoms with Gasteiger partial charge in [-0.2, -0.15) is 0 Å². The van der Waals surface area contributed by atoms with E-state index in [0.29, 0.717) is 34.1 Å². The van der Waals surface area contributed by atoms with Crippen molar-refractivity contribution < 1.29 is 28.5 Å². The van der Waals surface area contributed by atoms with Crippen molar-refractivity contribution >= 4 is 17.6 Å². The van der Waals surface area contributed by atoms with Crippen LogP contribution in [-0.2, 0) is 4.74 Å². The first-order chi connectivity index (χ1) is 13.9. The SMILES string of the molecule is COC(=CC(=O)c1ccc2c(c1)OCO2)c1ccc2c(c1OC)C=CC(C)(C)O2. The Kier molecular flexibility index (Phi) is 4.70. The standard InChI is InChI=1S/C23H22O6/c1-23(2)10-9-16-18(29-23)8-6-15(22(16)26-4)20(25-3)12-17(24)14-5-7-19-21(11-14)28-13-27-19/h5-12H,13H2,1-4H3. The van der Waals surface area contributed by atoms with Crippen LogP contribution in [0.2, 0.25) is 0 Å². The smallest absolute Gasteiger partial charge is 0.231 e. The van der Waals surface area contributed by atoms with Crippen molar-refractivity contribution in [2.75, 3.05) is 21.0 Å². The third-order valence-electron chi connectivity index (χ3n) is 4.79. The number of hydrogen-bond acceptors (Lipinski definition) is 6. The van der Waals surface area contributed by atoms with Crippen LogP contribution in [0.4, 0.5) is 0 Å². The van der Waals surface area contributed by atoms with Gasteiger partial charge in [0.15, 0.2) is 17.3 Å². The Morgan fingerprint density at radius 2 is 1.83 bits per heavy atom. The molecule has 0 spiro atoms. The summed E-state index contributed by atoms with van der Waals surface area (Å²) in [7, 11) is 3.10. The van der Waals surface area contributed by atoms with Gasteiger partial charge in [0.25, 0.3) is 0 Å². The van der Waals surface area contributed by atoms with Gasteiger partial charge in [-0.1, -0.05) is 0 Å². The number of ether oxygens (including phenoxy) is 5. The van der Waals surface area contributed by atoms with Crippen LogP contribution in [0.25, 0.3) is 11.8 Å². The van der Waals surface area contributed by atoms with Gasteiger partial charge in [-0.05, 0) is 56.3 Å².